The van der Waals surface area contributed by atoms with Crippen molar-refractivity contribution in [3.8, 4) is 0 Å². The van der Waals surface area contributed by atoms with E-state index in [2.05, 4.69) is 4.98 Å². The normalized spacial score (nSPS) is 15.6. The van der Waals surface area contributed by atoms with Crippen LogP contribution in [0, 0.1) is 0 Å². The number of nitrogens with two attached hydrogens (primary N) is 1. The van der Waals surface area contributed by atoms with Crippen molar-refractivity contribution in [2.24, 2.45) is 5.73 Å². The molecule has 90 valence electrons. The van der Waals surface area contributed by atoms with E-state index in [9.17, 15) is 13.2 Å². The molecule has 0 bridgehead atoms. The maximum Gasteiger partial charge on any atom is 0.219 e. The second-order valence-corrected chi connectivity index (χ2v) is 6.77. The highest BCUT2D eigenvalue weighted by molar-refractivity contribution is 7.92. The van der Waals surface area contributed by atoms with Gasteiger partial charge in [0, 0.05) is 31.0 Å². The van der Waals surface area contributed by atoms with Crippen molar-refractivity contribution in [3.05, 3.63) is 24.0 Å². The van der Waals surface area contributed by atoms with E-state index in [1.54, 1.807) is 18.3 Å². The molecule has 1 rings (SSSR count). The Hall–Kier alpha value is -1.30. The summed E-state index contributed by atoms with van der Waals surface area (Å²) < 4.78 is 22.2. The van der Waals surface area contributed by atoms with Crippen molar-refractivity contribution in [2.75, 3.05) is 6.26 Å². The Bertz CT molecular complexity index is 464. The summed E-state index contributed by atoms with van der Waals surface area (Å²) in [5, 5.41) is 0. The first-order chi connectivity index (χ1) is 7.24. The molecule has 0 saturated carbocycles. The summed E-state index contributed by atoms with van der Waals surface area (Å²) in [4.78, 5) is 13.9. The molecule has 16 heavy (non-hydrogen) atoms. The van der Waals surface area contributed by atoms with Gasteiger partial charge in [-0.1, -0.05) is 0 Å². The monoisotopic (exact) mass is 244 g/mol. The number of hydrogen-bond acceptors (Lipinski definition) is 3. The predicted molar refractivity (Wildman–Crippen MR) is 61.6 cm³/mol. The molecule has 6 heteroatoms. The topological polar surface area (TPSA) is 93.0 Å². The van der Waals surface area contributed by atoms with E-state index in [0.29, 0.717) is 0 Å². The molecule has 1 aromatic heterocycles. The SMILES string of the molecule is CC(CC(N)=O)(Cc1ccc[nH]1)S(C)(=O)=O. The van der Waals surface area contributed by atoms with Crippen LogP contribution < -0.4 is 5.73 Å². The van der Waals surface area contributed by atoms with Crippen LogP contribution in [-0.4, -0.2) is 30.3 Å². The third kappa shape index (κ3) is 2.85. The zero-order chi connectivity index (χ0) is 12.4. The summed E-state index contributed by atoms with van der Waals surface area (Å²) in [5.41, 5.74) is 5.86. The summed E-state index contributed by atoms with van der Waals surface area (Å²) in [6.45, 7) is 1.54. The molecule has 0 saturated heterocycles. The number of amides is 1. The number of carbonyl (C=O) groups is 1. The minimum absolute atomic E-state index is 0.176. The van der Waals surface area contributed by atoms with E-state index in [1.165, 1.54) is 6.92 Å². The molecule has 5 nitrogen and oxygen atoms in total. The van der Waals surface area contributed by atoms with Crippen molar-refractivity contribution in [1.29, 1.82) is 0 Å². The molecule has 0 aromatic carbocycles. The van der Waals surface area contributed by atoms with Gasteiger partial charge in [0.05, 0.1) is 4.75 Å². The average Bonchev–Trinajstić information content (AvgIpc) is 2.52. The van der Waals surface area contributed by atoms with Gasteiger partial charge in [-0.3, -0.25) is 4.79 Å². The Kier molecular flexibility index (Phi) is 3.42. The number of sulfone groups is 1. The van der Waals surface area contributed by atoms with Crippen molar-refractivity contribution in [3.63, 3.8) is 0 Å². The van der Waals surface area contributed by atoms with Gasteiger partial charge >= 0.3 is 0 Å². The third-order valence-corrected chi connectivity index (χ3v) is 4.75. The third-order valence-electron chi connectivity index (χ3n) is 2.67. The van der Waals surface area contributed by atoms with Crippen LogP contribution in [0.3, 0.4) is 0 Å². The second-order valence-electron chi connectivity index (χ2n) is 4.24. The Morgan fingerprint density at radius 1 is 1.56 bits per heavy atom. The second kappa shape index (κ2) is 4.29. The fourth-order valence-electron chi connectivity index (χ4n) is 1.57. The van der Waals surface area contributed by atoms with Gasteiger partial charge in [-0.25, -0.2) is 8.42 Å². The predicted octanol–water partition coefficient (Wildman–Crippen LogP) is 0.236. The molecule has 0 aliphatic carbocycles. The first-order valence-corrected chi connectivity index (χ1v) is 6.74. The molecular formula is C10H16N2O3S. The summed E-state index contributed by atoms with van der Waals surface area (Å²) in [6.07, 6.45) is 2.91. The molecule has 3 N–H and O–H groups in total. The number of nitrogens with one attached hydrogen (secondary N) is 1. The van der Waals surface area contributed by atoms with Crippen molar-refractivity contribution in [2.45, 2.75) is 24.5 Å². The van der Waals surface area contributed by atoms with Gasteiger partial charge in [-0.2, -0.15) is 0 Å². The van der Waals surface area contributed by atoms with E-state index < -0.39 is 20.5 Å². The molecular weight excluding hydrogens is 228 g/mol. The lowest BCUT2D eigenvalue weighted by molar-refractivity contribution is -0.118. The van der Waals surface area contributed by atoms with Gasteiger partial charge in [0.25, 0.3) is 0 Å². The van der Waals surface area contributed by atoms with Crippen LogP contribution >= 0.6 is 0 Å². The van der Waals surface area contributed by atoms with E-state index in [1.807, 2.05) is 0 Å². The van der Waals surface area contributed by atoms with Gasteiger partial charge < -0.3 is 10.7 Å². The van der Waals surface area contributed by atoms with Crippen molar-refractivity contribution >= 4 is 15.7 Å². The van der Waals surface area contributed by atoms with Crippen LogP contribution in [0.25, 0.3) is 0 Å². The number of primary amides is 1. The highest BCUT2D eigenvalue weighted by Gasteiger charge is 2.37. The van der Waals surface area contributed by atoms with Crippen LogP contribution in [0.15, 0.2) is 18.3 Å². The smallest absolute Gasteiger partial charge is 0.219 e. The molecule has 0 aliphatic heterocycles. The highest BCUT2D eigenvalue weighted by atomic mass is 32.2. The number of H-pyrrole nitrogens is 1. The standard InChI is InChI=1S/C10H16N2O3S/c1-10(7-9(11)13,16(2,14)15)6-8-4-3-5-12-8/h3-5,12H,6-7H2,1-2H3,(H2,11,13). The molecule has 1 unspecified atom stereocenters. The molecule has 0 aliphatic rings. The number of aromatic amines is 1. The lowest BCUT2D eigenvalue weighted by atomic mass is 10.0. The maximum absolute atomic E-state index is 11.7. The Balaban J connectivity index is 3.01. The van der Waals surface area contributed by atoms with Crippen LogP contribution in [0.1, 0.15) is 19.0 Å². The highest BCUT2D eigenvalue weighted by Crippen LogP contribution is 2.25. The maximum atomic E-state index is 11.7. The number of rotatable bonds is 5. The van der Waals surface area contributed by atoms with Gasteiger partial charge in [-0.15, -0.1) is 0 Å². The molecule has 1 aromatic rings. The molecule has 0 radical (unpaired) electrons. The average molecular weight is 244 g/mol. The molecule has 0 fully saturated rings. The van der Waals surface area contributed by atoms with Crippen LogP contribution in [0.5, 0.6) is 0 Å². The Morgan fingerprint density at radius 3 is 2.56 bits per heavy atom. The van der Waals surface area contributed by atoms with Gasteiger partial charge in [0.15, 0.2) is 9.84 Å². The zero-order valence-electron chi connectivity index (χ0n) is 9.36. The Morgan fingerprint density at radius 2 is 2.19 bits per heavy atom. The largest absolute Gasteiger partial charge is 0.370 e. The number of carbonyl (C=O) groups excluding carboxylic acids is 1. The van der Waals surface area contributed by atoms with Gasteiger partial charge in [-0.05, 0) is 19.1 Å². The quantitative estimate of drug-likeness (QED) is 0.776. The number of aromatic nitrogens is 1. The minimum Gasteiger partial charge on any atom is -0.370 e. The molecule has 0 spiro atoms. The van der Waals surface area contributed by atoms with E-state index in [0.717, 1.165) is 11.9 Å². The van der Waals surface area contributed by atoms with Crippen LogP contribution in [0.2, 0.25) is 0 Å². The van der Waals surface area contributed by atoms with Crippen LogP contribution in [-0.2, 0) is 21.1 Å². The van der Waals surface area contributed by atoms with Gasteiger partial charge in [0.2, 0.25) is 5.91 Å². The first kappa shape index (κ1) is 12.8. The summed E-state index contributed by atoms with van der Waals surface area (Å²) in [6, 6.07) is 3.56. The fourth-order valence-corrected chi connectivity index (χ4v) is 2.40. The van der Waals surface area contributed by atoms with Gasteiger partial charge in [0.1, 0.15) is 0 Å². The van der Waals surface area contributed by atoms with Crippen molar-refractivity contribution < 1.29 is 13.2 Å². The lowest BCUT2D eigenvalue weighted by Gasteiger charge is -2.25. The fraction of sp³-hybridized carbons (Fsp3) is 0.500. The molecule has 1 amide bonds. The minimum atomic E-state index is -3.36. The van der Waals surface area contributed by atoms with Crippen molar-refractivity contribution in [1.82, 2.24) is 4.98 Å². The lowest BCUT2D eigenvalue weighted by Crippen LogP contribution is -2.41. The summed E-state index contributed by atoms with van der Waals surface area (Å²) >= 11 is 0. The van der Waals surface area contributed by atoms with E-state index >= 15 is 0 Å². The van der Waals surface area contributed by atoms with Crippen LogP contribution in [0.4, 0.5) is 0 Å². The van der Waals surface area contributed by atoms with E-state index in [-0.39, 0.29) is 12.8 Å². The summed E-state index contributed by atoms with van der Waals surface area (Å²) in [5.74, 6) is -0.612. The molecule has 1 heterocycles. The number of hydrogen-bond donors (Lipinski definition) is 2. The van der Waals surface area contributed by atoms with E-state index in [4.69, 9.17) is 5.73 Å². The summed E-state index contributed by atoms with van der Waals surface area (Å²) in [7, 11) is -3.36. The zero-order valence-corrected chi connectivity index (χ0v) is 10.2. The molecule has 1 atom stereocenters. The Labute approximate surface area is 95.0 Å². The first-order valence-electron chi connectivity index (χ1n) is 4.85.